The molecule has 150 valence electrons. The summed E-state index contributed by atoms with van der Waals surface area (Å²) in [6, 6.07) is 14.1. The highest BCUT2D eigenvalue weighted by Crippen LogP contribution is 2.26. The molecule has 3 rings (SSSR count). The summed E-state index contributed by atoms with van der Waals surface area (Å²) >= 11 is 0. The van der Waals surface area contributed by atoms with Crippen molar-refractivity contribution in [2.75, 3.05) is 18.6 Å². The van der Waals surface area contributed by atoms with E-state index < -0.39 is 28.1 Å². The Morgan fingerprint density at radius 1 is 1.24 bits per heavy atom. The van der Waals surface area contributed by atoms with Gasteiger partial charge < -0.3 is 9.64 Å². The fourth-order valence-corrected chi connectivity index (χ4v) is 3.08. The van der Waals surface area contributed by atoms with E-state index in [2.05, 4.69) is 4.98 Å². The molecule has 0 aliphatic carbocycles. The van der Waals surface area contributed by atoms with Crippen LogP contribution in [0.15, 0.2) is 59.5 Å². The number of rotatable bonds is 7. The summed E-state index contributed by atoms with van der Waals surface area (Å²) in [7, 11) is 1.28. The summed E-state index contributed by atoms with van der Waals surface area (Å²) in [5.41, 5.74) is -0.281. The van der Waals surface area contributed by atoms with Crippen molar-refractivity contribution in [3.05, 3.63) is 80.8 Å². The largest absolute Gasteiger partial charge is 0.469 e. The zero-order chi connectivity index (χ0) is 21.0. The molecule has 1 aromatic carbocycles. The smallest absolute Gasteiger partial charge is 0.376 e. The van der Waals surface area contributed by atoms with E-state index >= 15 is 0 Å². The normalized spacial score (nSPS) is 11.8. The summed E-state index contributed by atoms with van der Waals surface area (Å²) in [5, 5.41) is 11.8. The van der Waals surface area contributed by atoms with Gasteiger partial charge in [0.05, 0.1) is 18.0 Å². The first-order chi connectivity index (χ1) is 13.9. The number of nitro groups is 1. The third kappa shape index (κ3) is 4.23. The van der Waals surface area contributed by atoms with E-state index in [9.17, 15) is 19.7 Å². The quantitative estimate of drug-likeness (QED) is 0.343. The molecule has 0 fully saturated rings. The number of pyridine rings is 1. The molecule has 0 aliphatic rings. The monoisotopic (exact) mass is 396 g/mol. The van der Waals surface area contributed by atoms with Crippen LogP contribution in [-0.2, 0) is 16.1 Å². The Balaban J connectivity index is 2.16. The third-order valence-corrected chi connectivity index (χ3v) is 4.49. The number of hydrogen-bond donors (Lipinski definition) is 0. The van der Waals surface area contributed by atoms with E-state index in [0.29, 0.717) is 0 Å². The topological polar surface area (TPSA) is 107 Å². The van der Waals surface area contributed by atoms with Crippen LogP contribution in [0, 0.1) is 16.0 Å². The van der Waals surface area contributed by atoms with Crippen LogP contribution in [0.3, 0.4) is 0 Å². The Bertz CT molecular complexity index is 1100. The van der Waals surface area contributed by atoms with Crippen LogP contribution in [0.4, 0.5) is 11.5 Å². The summed E-state index contributed by atoms with van der Waals surface area (Å²) in [5.74, 6) is -1.12. The Morgan fingerprint density at radius 3 is 2.59 bits per heavy atom. The standard InChI is InChI=1S/C20H20N4O5/c1-14(20(26)29-2)12-22(13-15-8-4-3-5-9-15)18-17(24(27)28)19(25)23-11-7-6-10-16(23)21-18/h3-11,14H,12-13H2,1-2H3/t14-/m0/s1. The number of anilines is 1. The van der Waals surface area contributed by atoms with Crippen LogP contribution in [0.25, 0.3) is 5.65 Å². The molecule has 9 heteroatoms. The van der Waals surface area contributed by atoms with Crippen molar-refractivity contribution < 1.29 is 14.5 Å². The number of nitrogens with zero attached hydrogens (tertiary/aromatic N) is 4. The van der Waals surface area contributed by atoms with Gasteiger partial charge in [-0.3, -0.25) is 24.1 Å². The molecule has 3 aromatic rings. The molecule has 1 atom stereocenters. The molecule has 0 bridgehead atoms. The average Bonchev–Trinajstić information content (AvgIpc) is 2.73. The molecule has 0 N–H and O–H groups in total. The maximum absolute atomic E-state index is 12.8. The molecule has 9 nitrogen and oxygen atoms in total. The molecule has 0 radical (unpaired) electrons. The van der Waals surface area contributed by atoms with Crippen molar-refractivity contribution >= 4 is 23.1 Å². The van der Waals surface area contributed by atoms with Gasteiger partial charge in [-0.25, -0.2) is 4.98 Å². The summed E-state index contributed by atoms with van der Waals surface area (Å²) in [6.45, 7) is 1.99. The van der Waals surface area contributed by atoms with E-state index in [-0.39, 0.29) is 24.6 Å². The fraction of sp³-hybridized carbons (Fsp3) is 0.250. The average molecular weight is 396 g/mol. The lowest BCUT2D eigenvalue weighted by molar-refractivity contribution is -0.385. The van der Waals surface area contributed by atoms with Gasteiger partial charge in [-0.15, -0.1) is 0 Å². The number of aromatic nitrogens is 2. The predicted octanol–water partition coefficient (Wildman–Crippen LogP) is 2.42. The molecule has 29 heavy (non-hydrogen) atoms. The van der Waals surface area contributed by atoms with Crippen LogP contribution in [0.2, 0.25) is 0 Å². The number of esters is 1. The van der Waals surface area contributed by atoms with Crippen molar-refractivity contribution in [1.29, 1.82) is 0 Å². The summed E-state index contributed by atoms with van der Waals surface area (Å²) in [4.78, 5) is 41.7. The van der Waals surface area contributed by atoms with Crippen molar-refractivity contribution in [2.45, 2.75) is 13.5 Å². The molecule has 2 aromatic heterocycles. The highest BCUT2D eigenvalue weighted by Gasteiger charge is 2.30. The number of carbonyl (C=O) groups is 1. The van der Waals surface area contributed by atoms with E-state index in [4.69, 9.17) is 4.74 Å². The second-order valence-corrected chi connectivity index (χ2v) is 6.57. The molecule has 0 unspecified atom stereocenters. The highest BCUT2D eigenvalue weighted by atomic mass is 16.6. The molecule has 0 saturated heterocycles. The van der Waals surface area contributed by atoms with Gasteiger partial charge in [0.1, 0.15) is 5.65 Å². The van der Waals surface area contributed by atoms with Crippen molar-refractivity contribution in [3.63, 3.8) is 0 Å². The second kappa shape index (κ2) is 8.51. The van der Waals surface area contributed by atoms with Gasteiger partial charge in [0.2, 0.25) is 5.82 Å². The number of methoxy groups -OCH3 is 1. The zero-order valence-corrected chi connectivity index (χ0v) is 16.0. The lowest BCUT2D eigenvalue weighted by Crippen LogP contribution is -2.35. The molecule has 0 saturated carbocycles. The summed E-state index contributed by atoms with van der Waals surface area (Å²) < 4.78 is 5.92. The molecule has 0 aliphatic heterocycles. The summed E-state index contributed by atoms with van der Waals surface area (Å²) in [6.07, 6.45) is 1.43. The number of ether oxygens (including phenoxy) is 1. The second-order valence-electron chi connectivity index (χ2n) is 6.57. The van der Waals surface area contributed by atoms with Gasteiger partial charge in [0.25, 0.3) is 0 Å². The number of carbonyl (C=O) groups excluding carboxylic acids is 1. The lowest BCUT2D eigenvalue weighted by Gasteiger charge is -2.26. The SMILES string of the molecule is COC(=O)[C@@H](C)CN(Cc1ccccc1)c1nc2ccccn2c(=O)c1[N+](=O)[O-]. The number of benzene rings is 1. The highest BCUT2D eigenvalue weighted by molar-refractivity contribution is 5.73. The van der Waals surface area contributed by atoms with Crippen LogP contribution in [-0.4, -0.2) is 33.9 Å². The van der Waals surface area contributed by atoms with Gasteiger partial charge in [0.15, 0.2) is 0 Å². The Labute approximate surface area is 166 Å². The zero-order valence-electron chi connectivity index (χ0n) is 16.0. The van der Waals surface area contributed by atoms with Crippen LogP contribution < -0.4 is 10.5 Å². The van der Waals surface area contributed by atoms with Gasteiger partial charge in [-0.05, 0) is 17.7 Å². The Hall–Kier alpha value is -3.75. The molecule has 0 spiro atoms. The number of fused-ring (bicyclic) bond motifs is 1. The van der Waals surface area contributed by atoms with Crippen LogP contribution >= 0.6 is 0 Å². The van der Waals surface area contributed by atoms with Gasteiger partial charge in [-0.2, -0.15) is 0 Å². The minimum absolute atomic E-state index is 0.0780. The predicted molar refractivity (Wildman–Crippen MR) is 107 cm³/mol. The molecular formula is C20H20N4O5. The van der Waals surface area contributed by atoms with Gasteiger partial charge in [-0.1, -0.05) is 43.3 Å². The Kier molecular flexibility index (Phi) is 5.87. The van der Waals surface area contributed by atoms with E-state index in [1.165, 1.54) is 13.3 Å². The van der Waals surface area contributed by atoms with Crippen LogP contribution in [0.1, 0.15) is 12.5 Å². The maximum Gasteiger partial charge on any atom is 0.376 e. The first-order valence-electron chi connectivity index (χ1n) is 8.95. The molecule has 2 heterocycles. The Morgan fingerprint density at radius 2 is 1.93 bits per heavy atom. The minimum Gasteiger partial charge on any atom is -0.469 e. The first kappa shape index (κ1) is 20.0. The first-order valence-corrected chi connectivity index (χ1v) is 8.95. The molecule has 0 amide bonds. The van der Waals surface area contributed by atoms with E-state index in [1.54, 1.807) is 30.0 Å². The molecular weight excluding hydrogens is 376 g/mol. The van der Waals surface area contributed by atoms with E-state index in [1.807, 2.05) is 30.3 Å². The van der Waals surface area contributed by atoms with Gasteiger partial charge >= 0.3 is 17.2 Å². The minimum atomic E-state index is -0.778. The van der Waals surface area contributed by atoms with Crippen molar-refractivity contribution in [2.24, 2.45) is 5.92 Å². The third-order valence-electron chi connectivity index (χ3n) is 4.49. The van der Waals surface area contributed by atoms with Crippen LogP contribution in [0.5, 0.6) is 0 Å². The lowest BCUT2D eigenvalue weighted by atomic mass is 10.1. The van der Waals surface area contributed by atoms with Crippen molar-refractivity contribution in [1.82, 2.24) is 9.38 Å². The maximum atomic E-state index is 12.8. The fourth-order valence-electron chi connectivity index (χ4n) is 3.08. The van der Waals surface area contributed by atoms with E-state index in [0.717, 1.165) is 9.96 Å². The van der Waals surface area contributed by atoms with Crippen molar-refractivity contribution in [3.8, 4) is 0 Å². The van der Waals surface area contributed by atoms with Gasteiger partial charge in [0, 0.05) is 19.3 Å². The number of hydrogen-bond acceptors (Lipinski definition) is 7.